The van der Waals surface area contributed by atoms with Crippen molar-refractivity contribution in [2.24, 2.45) is 5.73 Å². The number of anilines is 1. The van der Waals surface area contributed by atoms with Crippen LogP contribution in [0.25, 0.3) is 0 Å². The molecule has 0 atom stereocenters. The van der Waals surface area contributed by atoms with E-state index in [0.717, 1.165) is 21.8 Å². The van der Waals surface area contributed by atoms with Crippen LogP contribution in [0, 0.1) is 6.92 Å². The Hall–Kier alpha value is -0.960. The Morgan fingerprint density at radius 1 is 1.53 bits per heavy atom. The van der Waals surface area contributed by atoms with Crippen molar-refractivity contribution in [3.05, 3.63) is 28.1 Å². The van der Waals surface area contributed by atoms with Crippen LogP contribution in [-0.2, 0) is 16.6 Å². The van der Waals surface area contributed by atoms with Gasteiger partial charge in [-0.3, -0.25) is 4.72 Å². The molecule has 2 aromatic rings. The van der Waals surface area contributed by atoms with Gasteiger partial charge in [0.05, 0.1) is 0 Å². The summed E-state index contributed by atoms with van der Waals surface area (Å²) in [5, 5.41) is 2.12. The second-order valence-corrected chi connectivity index (χ2v) is 7.41. The topological polar surface area (TPSA) is 85.1 Å². The van der Waals surface area contributed by atoms with Crippen LogP contribution < -0.4 is 10.5 Å². The standard InChI is InChI=1S/C9H11N3O2S3/c1-6-4-11-9(16-6)12-17(13,14)8-2-7(3-10)5-15-8/h2,4-5H,3,10H2,1H3,(H,11,12). The molecule has 0 aromatic carbocycles. The van der Waals surface area contributed by atoms with Gasteiger partial charge in [-0.1, -0.05) is 0 Å². The molecule has 0 aliphatic heterocycles. The summed E-state index contributed by atoms with van der Waals surface area (Å²) in [6.07, 6.45) is 1.63. The lowest BCUT2D eigenvalue weighted by Gasteiger charge is -2.01. The van der Waals surface area contributed by atoms with E-state index in [0.29, 0.717) is 11.7 Å². The first kappa shape index (κ1) is 12.5. The monoisotopic (exact) mass is 289 g/mol. The Bertz CT molecular complexity index is 615. The minimum absolute atomic E-state index is 0.255. The van der Waals surface area contributed by atoms with Crippen LogP contribution in [-0.4, -0.2) is 13.4 Å². The number of rotatable bonds is 4. The van der Waals surface area contributed by atoms with Crippen molar-refractivity contribution in [2.75, 3.05) is 4.72 Å². The minimum atomic E-state index is -3.53. The summed E-state index contributed by atoms with van der Waals surface area (Å²) in [6, 6.07) is 1.58. The van der Waals surface area contributed by atoms with Gasteiger partial charge in [0.15, 0.2) is 5.13 Å². The molecule has 8 heteroatoms. The first-order valence-electron chi connectivity index (χ1n) is 4.74. The molecule has 2 heterocycles. The first-order valence-corrected chi connectivity index (χ1v) is 7.92. The third-order valence-electron chi connectivity index (χ3n) is 1.97. The van der Waals surface area contributed by atoms with E-state index < -0.39 is 10.0 Å². The van der Waals surface area contributed by atoms with Gasteiger partial charge >= 0.3 is 0 Å². The number of nitrogens with one attached hydrogen (secondary N) is 1. The van der Waals surface area contributed by atoms with Crippen molar-refractivity contribution in [3.8, 4) is 0 Å². The van der Waals surface area contributed by atoms with Gasteiger partial charge in [-0.05, 0) is 23.9 Å². The molecule has 0 aliphatic carbocycles. The van der Waals surface area contributed by atoms with Gasteiger partial charge in [-0.15, -0.1) is 22.7 Å². The lowest BCUT2D eigenvalue weighted by molar-refractivity contribution is 0.603. The maximum atomic E-state index is 12.0. The first-order chi connectivity index (χ1) is 8.01. The molecule has 0 bridgehead atoms. The van der Waals surface area contributed by atoms with E-state index in [4.69, 9.17) is 5.73 Å². The minimum Gasteiger partial charge on any atom is -0.326 e. The molecule has 5 nitrogen and oxygen atoms in total. The average Bonchev–Trinajstić information content (AvgIpc) is 2.86. The zero-order chi connectivity index (χ0) is 12.5. The summed E-state index contributed by atoms with van der Waals surface area (Å²) in [7, 11) is -3.53. The molecule has 0 amide bonds. The number of nitrogens with two attached hydrogens (primary N) is 1. The number of aromatic nitrogens is 1. The van der Waals surface area contributed by atoms with E-state index >= 15 is 0 Å². The number of thiazole rings is 1. The fourth-order valence-corrected chi connectivity index (χ4v) is 4.30. The second-order valence-electron chi connectivity index (χ2n) is 3.36. The van der Waals surface area contributed by atoms with E-state index in [1.807, 2.05) is 6.92 Å². The highest BCUT2D eigenvalue weighted by atomic mass is 32.2. The largest absolute Gasteiger partial charge is 0.326 e. The Morgan fingerprint density at radius 2 is 2.29 bits per heavy atom. The highest BCUT2D eigenvalue weighted by Crippen LogP contribution is 2.24. The number of nitrogens with zero attached hydrogens (tertiary/aromatic N) is 1. The molecular formula is C9H11N3O2S3. The predicted molar refractivity (Wildman–Crippen MR) is 69.9 cm³/mol. The molecule has 0 saturated carbocycles. The van der Waals surface area contributed by atoms with E-state index in [1.54, 1.807) is 17.6 Å². The van der Waals surface area contributed by atoms with Crippen molar-refractivity contribution >= 4 is 37.8 Å². The molecule has 2 aromatic heterocycles. The van der Waals surface area contributed by atoms with Gasteiger partial charge in [-0.25, -0.2) is 13.4 Å². The highest BCUT2D eigenvalue weighted by Gasteiger charge is 2.18. The number of hydrogen-bond acceptors (Lipinski definition) is 6. The summed E-state index contributed by atoms with van der Waals surface area (Å²) < 4.78 is 26.6. The maximum absolute atomic E-state index is 12.0. The molecule has 0 unspecified atom stereocenters. The molecule has 0 radical (unpaired) electrons. The molecular weight excluding hydrogens is 278 g/mol. The lowest BCUT2D eigenvalue weighted by atomic mass is 10.4. The van der Waals surface area contributed by atoms with Crippen molar-refractivity contribution in [2.45, 2.75) is 17.7 Å². The molecule has 0 fully saturated rings. The summed E-state index contributed by atoms with van der Waals surface area (Å²) in [4.78, 5) is 4.92. The Morgan fingerprint density at radius 3 is 2.82 bits per heavy atom. The van der Waals surface area contributed by atoms with Gasteiger partial charge in [0.25, 0.3) is 10.0 Å². The van der Waals surface area contributed by atoms with Crippen molar-refractivity contribution < 1.29 is 8.42 Å². The van der Waals surface area contributed by atoms with E-state index in [2.05, 4.69) is 9.71 Å². The van der Waals surface area contributed by atoms with E-state index in [1.165, 1.54) is 11.3 Å². The highest BCUT2D eigenvalue weighted by molar-refractivity contribution is 7.94. The number of thiophene rings is 1. The summed E-state index contributed by atoms with van der Waals surface area (Å²) in [6.45, 7) is 2.20. The lowest BCUT2D eigenvalue weighted by Crippen LogP contribution is -2.11. The normalized spacial score (nSPS) is 11.6. The molecule has 92 valence electrons. The molecule has 0 aliphatic rings. The average molecular weight is 289 g/mol. The van der Waals surface area contributed by atoms with Gasteiger partial charge in [0, 0.05) is 17.6 Å². The molecule has 17 heavy (non-hydrogen) atoms. The quantitative estimate of drug-likeness (QED) is 0.898. The van der Waals surface area contributed by atoms with Crippen LogP contribution in [0.15, 0.2) is 21.9 Å². The van der Waals surface area contributed by atoms with Crippen LogP contribution in [0.1, 0.15) is 10.4 Å². The molecule has 3 N–H and O–H groups in total. The Kier molecular flexibility index (Phi) is 3.48. The Balaban J connectivity index is 2.24. The third kappa shape index (κ3) is 2.83. The molecule has 0 saturated heterocycles. The predicted octanol–water partition coefficient (Wildman–Crippen LogP) is 1.77. The van der Waals surface area contributed by atoms with Crippen LogP contribution in [0.5, 0.6) is 0 Å². The summed E-state index contributed by atoms with van der Waals surface area (Å²) in [5.41, 5.74) is 6.25. The fraction of sp³-hybridized carbons (Fsp3) is 0.222. The fourth-order valence-electron chi connectivity index (χ4n) is 1.17. The molecule has 0 spiro atoms. The van der Waals surface area contributed by atoms with Gasteiger partial charge in [0.2, 0.25) is 0 Å². The Labute approximate surface area is 107 Å². The third-order valence-corrected chi connectivity index (χ3v) is 5.76. The zero-order valence-corrected chi connectivity index (χ0v) is 11.5. The maximum Gasteiger partial charge on any atom is 0.273 e. The van der Waals surface area contributed by atoms with Gasteiger partial charge in [-0.2, -0.15) is 0 Å². The smallest absolute Gasteiger partial charge is 0.273 e. The SMILES string of the molecule is Cc1cnc(NS(=O)(=O)c2cc(CN)cs2)s1. The van der Waals surface area contributed by atoms with E-state index in [-0.39, 0.29) is 4.21 Å². The number of hydrogen-bond donors (Lipinski definition) is 2. The second kappa shape index (κ2) is 4.73. The van der Waals surface area contributed by atoms with Crippen LogP contribution >= 0.6 is 22.7 Å². The van der Waals surface area contributed by atoms with Crippen LogP contribution in [0.4, 0.5) is 5.13 Å². The number of sulfonamides is 1. The zero-order valence-electron chi connectivity index (χ0n) is 9.00. The number of aryl methyl sites for hydroxylation is 1. The molecule has 2 rings (SSSR count). The van der Waals surface area contributed by atoms with Gasteiger partial charge in [0.1, 0.15) is 4.21 Å². The van der Waals surface area contributed by atoms with Crippen molar-refractivity contribution in [1.29, 1.82) is 0 Å². The van der Waals surface area contributed by atoms with Gasteiger partial charge < -0.3 is 5.73 Å². The van der Waals surface area contributed by atoms with E-state index in [9.17, 15) is 8.42 Å². The van der Waals surface area contributed by atoms with Crippen molar-refractivity contribution in [1.82, 2.24) is 4.98 Å². The summed E-state index contributed by atoms with van der Waals surface area (Å²) >= 11 is 2.45. The summed E-state index contributed by atoms with van der Waals surface area (Å²) in [5.74, 6) is 0. The van der Waals surface area contributed by atoms with Crippen molar-refractivity contribution in [3.63, 3.8) is 0 Å². The van der Waals surface area contributed by atoms with Crippen LogP contribution in [0.3, 0.4) is 0 Å². The van der Waals surface area contributed by atoms with Crippen LogP contribution in [0.2, 0.25) is 0 Å².